The van der Waals surface area contributed by atoms with Crippen molar-refractivity contribution in [3.63, 3.8) is 0 Å². The zero-order chi connectivity index (χ0) is 28.6. The van der Waals surface area contributed by atoms with Crippen molar-refractivity contribution in [2.45, 2.75) is 18.4 Å². The molecular weight excluding hydrogens is 638 g/mol. The van der Waals surface area contributed by atoms with Gasteiger partial charge in [0.1, 0.15) is 4.88 Å². The maximum Gasteiger partial charge on any atom is 0.265 e. The summed E-state index contributed by atoms with van der Waals surface area (Å²) in [5, 5.41) is 4.92. The fourth-order valence-electron chi connectivity index (χ4n) is 5.15. The first-order valence-electron chi connectivity index (χ1n) is 13.2. The van der Waals surface area contributed by atoms with Gasteiger partial charge in [0.25, 0.3) is 15.9 Å². The van der Waals surface area contributed by atoms with Crippen molar-refractivity contribution in [2.24, 2.45) is 0 Å². The monoisotopic (exact) mass is 665 g/mol. The average molecular weight is 667 g/mol. The molecule has 0 atom stereocenters. The van der Waals surface area contributed by atoms with Crippen LogP contribution in [-0.2, 0) is 16.6 Å². The van der Waals surface area contributed by atoms with E-state index >= 15 is 0 Å². The minimum atomic E-state index is -3.92. The summed E-state index contributed by atoms with van der Waals surface area (Å²) in [4.78, 5) is 18.1. The Hall–Kier alpha value is -3.18. The van der Waals surface area contributed by atoms with Crippen LogP contribution >= 0.6 is 38.6 Å². The lowest BCUT2D eigenvalue weighted by Crippen LogP contribution is -2.49. The Labute approximate surface area is 256 Å². The first-order chi connectivity index (χ1) is 19.8. The van der Waals surface area contributed by atoms with Crippen LogP contribution in [0, 0.1) is 6.92 Å². The predicted octanol–water partition coefficient (Wildman–Crippen LogP) is 7.39. The van der Waals surface area contributed by atoms with Gasteiger partial charge >= 0.3 is 0 Å². The third-order valence-corrected chi connectivity index (χ3v) is 12.0. The first kappa shape index (κ1) is 28.0. The molecule has 3 aromatic carbocycles. The number of carbonyl (C=O) groups excluding carboxylic acids is 1. The molecule has 41 heavy (non-hydrogen) atoms. The molecule has 0 unspecified atom stereocenters. The molecule has 0 N–H and O–H groups in total. The lowest BCUT2D eigenvalue weighted by atomic mass is 10.2. The zero-order valence-corrected chi connectivity index (χ0v) is 26.4. The summed E-state index contributed by atoms with van der Waals surface area (Å²) in [6, 6.07) is 24.6. The molecule has 1 fully saturated rings. The number of nitrogens with zero attached hydrogens (tertiary/aromatic N) is 3. The molecule has 210 valence electrons. The number of hydrogen-bond acceptors (Lipinski definition) is 6. The van der Waals surface area contributed by atoms with E-state index in [4.69, 9.17) is 0 Å². The molecule has 1 aliphatic heterocycles. The standard InChI is InChI=1S/C31H28BrN3O3S3/c1-22-21-40-29-12-11-24(19-25(22)29)41(37,38)35(20-23-7-3-2-4-8-23)28-10-6-5-9-27(28)33-14-16-34(17-15-33)31(36)30-26(32)13-18-39-30/h2-13,18-19,21H,14-17,20H2,1H3. The Kier molecular flexibility index (Phi) is 7.91. The summed E-state index contributed by atoms with van der Waals surface area (Å²) in [6.07, 6.45) is 0. The number of rotatable bonds is 7. The molecule has 10 heteroatoms. The molecule has 0 radical (unpaired) electrons. The molecule has 5 aromatic rings. The molecule has 0 saturated carbocycles. The van der Waals surface area contributed by atoms with Crippen molar-refractivity contribution in [2.75, 3.05) is 35.4 Å². The van der Waals surface area contributed by atoms with Gasteiger partial charge in [-0.05, 0) is 86.5 Å². The number of sulfonamides is 1. The average Bonchev–Trinajstić information content (AvgIpc) is 3.60. The van der Waals surface area contributed by atoms with E-state index < -0.39 is 10.0 Å². The lowest BCUT2D eigenvalue weighted by Gasteiger charge is -2.38. The smallest absolute Gasteiger partial charge is 0.265 e. The topological polar surface area (TPSA) is 60.9 Å². The van der Waals surface area contributed by atoms with Gasteiger partial charge < -0.3 is 9.80 Å². The number of halogens is 1. The highest BCUT2D eigenvalue weighted by atomic mass is 79.9. The fourth-order valence-corrected chi connectivity index (χ4v) is 9.08. The predicted molar refractivity (Wildman–Crippen MR) is 173 cm³/mol. The highest BCUT2D eigenvalue weighted by Gasteiger charge is 2.31. The molecule has 2 aromatic heterocycles. The number of anilines is 2. The fraction of sp³-hybridized carbons (Fsp3) is 0.194. The number of aryl methyl sites for hydroxylation is 1. The molecule has 1 aliphatic rings. The SMILES string of the molecule is Cc1csc2ccc(S(=O)(=O)N(Cc3ccccc3)c3ccccc3N3CCN(C(=O)c4sccc4Br)CC3)cc12. The van der Waals surface area contributed by atoms with Gasteiger partial charge in [0, 0.05) is 35.4 Å². The molecule has 0 spiro atoms. The summed E-state index contributed by atoms with van der Waals surface area (Å²) in [7, 11) is -3.92. The van der Waals surface area contributed by atoms with Crippen molar-refractivity contribution in [1.29, 1.82) is 0 Å². The Morgan fingerprint density at radius 3 is 2.39 bits per heavy atom. The number of fused-ring (bicyclic) bond motifs is 1. The van der Waals surface area contributed by atoms with Crippen molar-refractivity contribution in [3.05, 3.63) is 110 Å². The van der Waals surface area contributed by atoms with E-state index in [9.17, 15) is 13.2 Å². The molecule has 1 amide bonds. The van der Waals surface area contributed by atoms with Gasteiger partial charge in [-0.1, -0.05) is 42.5 Å². The maximum absolute atomic E-state index is 14.4. The third-order valence-electron chi connectivity index (χ3n) is 7.36. The number of carbonyl (C=O) groups is 1. The summed E-state index contributed by atoms with van der Waals surface area (Å²) < 4.78 is 32.2. The first-order valence-corrected chi connectivity index (χ1v) is 17.2. The van der Waals surface area contributed by atoms with E-state index in [0.29, 0.717) is 36.7 Å². The van der Waals surface area contributed by atoms with E-state index in [1.54, 1.807) is 23.5 Å². The molecule has 0 bridgehead atoms. The Morgan fingerprint density at radius 1 is 0.927 bits per heavy atom. The second-order valence-corrected chi connectivity index (χ2v) is 14.5. The number of piperazine rings is 1. The van der Waals surface area contributed by atoms with Crippen LogP contribution in [0.1, 0.15) is 20.8 Å². The van der Waals surface area contributed by atoms with Gasteiger partial charge in [-0.3, -0.25) is 9.10 Å². The van der Waals surface area contributed by atoms with Crippen molar-refractivity contribution in [3.8, 4) is 0 Å². The highest BCUT2D eigenvalue weighted by molar-refractivity contribution is 9.10. The van der Waals surface area contributed by atoms with E-state index in [1.165, 1.54) is 15.6 Å². The molecule has 6 nitrogen and oxygen atoms in total. The van der Waals surface area contributed by atoms with Gasteiger partial charge in [0.05, 0.1) is 22.8 Å². The highest BCUT2D eigenvalue weighted by Crippen LogP contribution is 2.37. The van der Waals surface area contributed by atoms with Crippen LogP contribution in [0.15, 0.2) is 99.0 Å². The number of benzene rings is 3. The van der Waals surface area contributed by atoms with Crippen LogP contribution in [0.3, 0.4) is 0 Å². The molecule has 1 saturated heterocycles. The van der Waals surface area contributed by atoms with E-state index in [-0.39, 0.29) is 17.3 Å². The summed E-state index contributed by atoms with van der Waals surface area (Å²) in [6.45, 7) is 4.52. The van der Waals surface area contributed by atoms with Crippen LogP contribution < -0.4 is 9.21 Å². The van der Waals surface area contributed by atoms with E-state index in [0.717, 1.165) is 31.4 Å². The van der Waals surface area contributed by atoms with Crippen molar-refractivity contribution in [1.82, 2.24) is 4.90 Å². The Bertz CT molecular complexity index is 1810. The number of para-hydroxylation sites is 2. The molecule has 0 aliphatic carbocycles. The second kappa shape index (κ2) is 11.6. The zero-order valence-electron chi connectivity index (χ0n) is 22.4. The molecule has 3 heterocycles. The van der Waals surface area contributed by atoms with Gasteiger partial charge in [-0.2, -0.15) is 0 Å². The summed E-state index contributed by atoms with van der Waals surface area (Å²) in [5.74, 6) is 0.0206. The minimum Gasteiger partial charge on any atom is -0.366 e. The maximum atomic E-state index is 14.4. The Morgan fingerprint density at radius 2 is 1.66 bits per heavy atom. The van der Waals surface area contributed by atoms with Gasteiger partial charge in [-0.25, -0.2) is 8.42 Å². The normalized spacial score (nSPS) is 14.0. The van der Waals surface area contributed by atoms with Crippen LogP contribution in [-0.4, -0.2) is 45.4 Å². The lowest BCUT2D eigenvalue weighted by molar-refractivity contribution is 0.0751. The summed E-state index contributed by atoms with van der Waals surface area (Å²) >= 11 is 6.53. The van der Waals surface area contributed by atoms with Crippen molar-refractivity contribution >= 4 is 76.0 Å². The van der Waals surface area contributed by atoms with E-state index in [2.05, 4.69) is 26.2 Å². The van der Waals surface area contributed by atoms with Gasteiger partial charge in [0.2, 0.25) is 0 Å². The third kappa shape index (κ3) is 5.53. The van der Waals surface area contributed by atoms with E-state index in [1.807, 2.05) is 83.9 Å². The largest absolute Gasteiger partial charge is 0.366 e. The van der Waals surface area contributed by atoms with Crippen LogP contribution in [0.4, 0.5) is 11.4 Å². The van der Waals surface area contributed by atoms with Crippen LogP contribution in [0.25, 0.3) is 10.1 Å². The minimum absolute atomic E-state index is 0.0206. The Balaban J connectivity index is 1.35. The molecular formula is C31H28BrN3O3S3. The van der Waals surface area contributed by atoms with Gasteiger partial charge in [0.15, 0.2) is 0 Å². The van der Waals surface area contributed by atoms with Gasteiger partial charge in [-0.15, -0.1) is 22.7 Å². The number of thiophene rings is 2. The number of hydrogen-bond donors (Lipinski definition) is 0. The van der Waals surface area contributed by atoms with Crippen LogP contribution in [0.5, 0.6) is 0 Å². The molecule has 6 rings (SSSR count). The van der Waals surface area contributed by atoms with Crippen molar-refractivity contribution < 1.29 is 13.2 Å². The quantitative estimate of drug-likeness (QED) is 0.182. The summed E-state index contributed by atoms with van der Waals surface area (Å²) in [5.41, 5.74) is 3.43. The number of amides is 1. The second-order valence-electron chi connectivity index (χ2n) is 9.94. The van der Waals surface area contributed by atoms with Crippen LogP contribution in [0.2, 0.25) is 0 Å².